The molecule has 0 spiro atoms. The van der Waals surface area contributed by atoms with E-state index in [0.29, 0.717) is 33.7 Å². The Hall–Kier alpha value is -5.42. The molecular formula is C34H30FN7O2S. The number of nitrogens with one attached hydrogen (secondary N) is 1. The van der Waals surface area contributed by atoms with Crippen LogP contribution in [0.5, 0.6) is 11.8 Å². The van der Waals surface area contributed by atoms with Gasteiger partial charge in [-0.3, -0.25) is 9.48 Å². The topological polar surface area (TPSA) is 121 Å². The molecule has 0 saturated carbocycles. The van der Waals surface area contributed by atoms with E-state index in [1.807, 2.05) is 39.2 Å². The summed E-state index contributed by atoms with van der Waals surface area (Å²) in [5.74, 6) is -0.510. The summed E-state index contributed by atoms with van der Waals surface area (Å²) in [6.07, 6.45) is 7.00. The maximum absolute atomic E-state index is 15.7. The number of carbonyl (C=O) groups is 1. The van der Waals surface area contributed by atoms with Crippen LogP contribution in [0.25, 0.3) is 42.8 Å². The van der Waals surface area contributed by atoms with Gasteiger partial charge in [-0.15, -0.1) is 11.3 Å². The minimum atomic E-state index is -0.579. The number of nitrogen functional groups attached to an aromatic ring is 1. The SMILES string of the molecule is C=C(C)C(=O)Nc1cc(C)c(-c2sc3c(-c4cnn(C)c4)cnc(N)c3c2-c2ccc(Oc3nccc(C)n3)c(F)c2)c(C)c1. The zero-order chi connectivity index (χ0) is 32.0. The first-order valence-corrected chi connectivity index (χ1v) is 14.9. The minimum Gasteiger partial charge on any atom is -0.421 e. The number of fused-ring (bicyclic) bond motifs is 1. The van der Waals surface area contributed by atoms with Gasteiger partial charge in [-0.1, -0.05) is 12.6 Å². The van der Waals surface area contributed by atoms with E-state index in [0.717, 1.165) is 43.0 Å². The average molecular weight is 620 g/mol. The number of aromatic nitrogens is 5. The van der Waals surface area contributed by atoms with Crippen LogP contribution in [0.3, 0.4) is 0 Å². The number of pyridine rings is 1. The van der Waals surface area contributed by atoms with Crippen LogP contribution in [0.1, 0.15) is 23.7 Å². The standard InChI is InChI=1S/C34H30FN7O2S/c1-17(2)33(43)41-23-11-18(3)27(19(4)12-23)31-28(21-7-8-26(25(35)13-21)44-34-37-10-9-20(5)40-34)29-30(45-31)24(15-38-32(29)36)22-14-39-42(6)16-22/h7-16H,1H2,2-6H3,(H2,36,38)(H,41,43). The number of halogens is 1. The van der Waals surface area contributed by atoms with Gasteiger partial charge in [0.1, 0.15) is 5.82 Å². The smallest absolute Gasteiger partial charge is 0.322 e. The van der Waals surface area contributed by atoms with Gasteiger partial charge in [0.25, 0.3) is 5.91 Å². The van der Waals surface area contributed by atoms with E-state index >= 15 is 4.39 Å². The summed E-state index contributed by atoms with van der Waals surface area (Å²) in [6, 6.07) is 10.4. The van der Waals surface area contributed by atoms with Crippen LogP contribution < -0.4 is 15.8 Å². The van der Waals surface area contributed by atoms with Gasteiger partial charge in [-0.2, -0.15) is 5.10 Å². The molecule has 3 N–H and O–H groups in total. The third-order valence-corrected chi connectivity index (χ3v) is 8.60. The van der Waals surface area contributed by atoms with Gasteiger partial charge in [0.05, 0.1) is 6.20 Å². The first kappa shape index (κ1) is 29.6. The Bertz CT molecular complexity index is 2130. The number of benzene rings is 2. The highest BCUT2D eigenvalue weighted by Crippen LogP contribution is 2.51. The molecule has 45 heavy (non-hydrogen) atoms. The van der Waals surface area contributed by atoms with Gasteiger partial charge in [-0.25, -0.2) is 19.3 Å². The lowest BCUT2D eigenvalue weighted by Gasteiger charge is -2.15. The largest absolute Gasteiger partial charge is 0.421 e. The van der Waals surface area contributed by atoms with Gasteiger partial charge in [0.2, 0.25) is 0 Å². The fourth-order valence-corrected chi connectivity index (χ4v) is 6.82. The van der Waals surface area contributed by atoms with Crippen molar-refractivity contribution < 1.29 is 13.9 Å². The Morgan fingerprint density at radius 3 is 2.44 bits per heavy atom. The van der Waals surface area contributed by atoms with E-state index in [1.165, 1.54) is 6.07 Å². The molecule has 0 saturated heterocycles. The molecule has 4 heterocycles. The molecule has 0 fully saturated rings. The monoisotopic (exact) mass is 619 g/mol. The van der Waals surface area contributed by atoms with Crippen molar-refractivity contribution in [2.24, 2.45) is 7.05 Å². The first-order chi connectivity index (χ1) is 21.5. The van der Waals surface area contributed by atoms with Crippen LogP contribution in [0.4, 0.5) is 15.9 Å². The fraction of sp³-hybridized carbons (Fsp3) is 0.147. The van der Waals surface area contributed by atoms with Crippen LogP contribution in [0.2, 0.25) is 0 Å². The van der Waals surface area contributed by atoms with Gasteiger partial charge >= 0.3 is 6.01 Å². The van der Waals surface area contributed by atoms with Crippen molar-refractivity contribution in [2.75, 3.05) is 11.1 Å². The number of hydrogen-bond donors (Lipinski definition) is 2. The molecule has 0 unspecified atom stereocenters. The highest BCUT2D eigenvalue weighted by Gasteiger charge is 2.25. The summed E-state index contributed by atoms with van der Waals surface area (Å²) >= 11 is 1.55. The number of aryl methyl sites for hydroxylation is 4. The number of carbonyl (C=O) groups excluding carboxylic acids is 1. The maximum atomic E-state index is 15.7. The van der Waals surface area contributed by atoms with Crippen LogP contribution >= 0.6 is 11.3 Å². The number of anilines is 2. The van der Waals surface area contributed by atoms with Crippen molar-refractivity contribution in [1.82, 2.24) is 24.7 Å². The Morgan fingerprint density at radius 1 is 1.04 bits per heavy atom. The van der Waals surface area contributed by atoms with Gasteiger partial charge < -0.3 is 15.8 Å². The highest BCUT2D eigenvalue weighted by atomic mass is 32.1. The molecule has 0 bridgehead atoms. The predicted octanol–water partition coefficient (Wildman–Crippen LogP) is 7.77. The summed E-state index contributed by atoms with van der Waals surface area (Å²) in [7, 11) is 1.85. The van der Waals surface area contributed by atoms with E-state index < -0.39 is 5.82 Å². The third-order valence-electron chi connectivity index (χ3n) is 7.36. The van der Waals surface area contributed by atoms with Crippen LogP contribution in [-0.2, 0) is 11.8 Å². The molecule has 4 aromatic heterocycles. The van der Waals surface area contributed by atoms with Gasteiger partial charge in [0.15, 0.2) is 11.6 Å². The molecule has 0 aliphatic carbocycles. The zero-order valence-electron chi connectivity index (χ0n) is 25.4. The second-order valence-electron chi connectivity index (χ2n) is 10.9. The summed E-state index contributed by atoms with van der Waals surface area (Å²) in [4.78, 5) is 26.1. The maximum Gasteiger partial charge on any atom is 0.322 e. The summed E-state index contributed by atoms with van der Waals surface area (Å²) in [5, 5.41) is 7.97. The molecule has 0 aliphatic heterocycles. The van der Waals surface area contributed by atoms with Crippen molar-refractivity contribution in [3.05, 3.63) is 96.0 Å². The van der Waals surface area contributed by atoms with Crippen LogP contribution in [0, 0.1) is 26.6 Å². The summed E-state index contributed by atoms with van der Waals surface area (Å²) in [5.41, 5.74) is 14.2. The van der Waals surface area contributed by atoms with Crippen molar-refractivity contribution in [1.29, 1.82) is 0 Å². The van der Waals surface area contributed by atoms with E-state index in [1.54, 1.807) is 66.7 Å². The summed E-state index contributed by atoms with van der Waals surface area (Å²) < 4.78 is 24.0. The number of rotatable bonds is 7. The van der Waals surface area contributed by atoms with E-state index in [9.17, 15) is 4.79 Å². The number of nitrogens with zero attached hydrogens (tertiary/aromatic N) is 5. The van der Waals surface area contributed by atoms with Crippen LogP contribution in [0.15, 0.2) is 73.3 Å². The van der Waals surface area contributed by atoms with Gasteiger partial charge in [-0.05, 0) is 80.3 Å². The van der Waals surface area contributed by atoms with E-state index in [-0.39, 0.29) is 17.7 Å². The molecule has 1 amide bonds. The lowest BCUT2D eigenvalue weighted by molar-refractivity contribution is -0.112. The Kier molecular flexibility index (Phi) is 7.63. The quantitative estimate of drug-likeness (QED) is 0.175. The van der Waals surface area contributed by atoms with Crippen LogP contribution in [-0.4, -0.2) is 30.6 Å². The lowest BCUT2D eigenvalue weighted by atomic mass is 9.93. The molecule has 11 heteroatoms. The molecule has 6 rings (SSSR count). The van der Waals surface area contributed by atoms with Crippen molar-refractivity contribution in [3.8, 4) is 44.5 Å². The Labute approximate surface area is 263 Å². The first-order valence-electron chi connectivity index (χ1n) is 14.1. The Balaban J connectivity index is 1.57. The van der Waals surface area contributed by atoms with Crippen molar-refractivity contribution >= 4 is 38.8 Å². The minimum absolute atomic E-state index is 0.00227. The summed E-state index contributed by atoms with van der Waals surface area (Å²) in [6.45, 7) is 11.2. The predicted molar refractivity (Wildman–Crippen MR) is 177 cm³/mol. The third kappa shape index (κ3) is 5.65. The average Bonchev–Trinajstić information content (AvgIpc) is 3.58. The molecule has 2 aromatic carbocycles. The normalized spacial score (nSPS) is 11.2. The fourth-order valence-electron chi connectivity index (χ4n) is 5.28. The zero-order valence-corrected chi connectivity index (χ0v) is 26.2. The number of amides is 1. The number of ether oxygens (including phenoxy) is 1. The highest BCUT2D eigenvalue weighted by molar-refractivity contribution is 7.23. The molecule has 0 aliphatic rings. The molecule has 0 radical (unpaired) electrons. The molecule has 9 nitrogen and oxygen atoms in total. The Morgan fingerprint density at radius 2 is 1.80 bits per heavy atom. The molecule has 226 valence electrons. The number of hydrogen-bond acceptors (Lipinski definition) is 8. The van der Waals surface area contributed by atoms with Crippen molar-refractivity contribution in [3.63, 3.8) is 0 Å². The number of thiophene rings is 1. The van der Waals surface area contributed by atoms with Gasteiger partial charge in [0, 0.05) is 74.2 Å². The van der Waals surface area contributed by atoms with E-state index in [4.69, 9.17) is 10.5 Å². The van der Waals surface area contributed by atoms with E-state index in [2.05, 4.69) is 31.9 Å². The second kappa shape index (κ2) is 11.6. The van der Waals surface area contributed by atoms with Crippen molar-refractivity contribution in [2.45, 2.75) is 27.7 Å². The molecular weight excluding hydrogens is 589 g/mol. The second-order valence-corrected chi connectivity index (χ2v) is 11.9. The molecule has 0 atom stereocenters. The number of nitrogens with two attached hydrogens (primary N) is 1. The molecule has 6 aromatic rings. The lowest BCUT2D eigenvalue weighted by Crippen LogP contribution is -2.12.